The third-order valence-electron chi connectivity index (χ3n) is 4.54. The van der Waals surface area contributed by atoms with Crippen molar-refractivity contribution < 1.29 is 30.4 Å². The number of hydrogen-bond donors (Lipinski definition) is 0. The topological polar surface area (TPSA) is 64.8 Å². The van der Waals surface area contributed by atoms with Crippen LogP contribution in [-0.4, -0.2) is 34.0 Å². The molecule has 2 heterocycles. The minimum Gasteiger partial charge on any atom is -0.312 e. The van der Waals surface area contributed by atoms with Crippen molar-refractivity contribution in [2.24, 2.45) is 13.0 Å². The van der Waals surface area contributed by atoms with Crippen molar-refractivity contribution in [3.05, 3.63) is 41.9 Å². The number of imidazole rings is 1. The van der Waals surface area contributed by atoms with Gasteiger partial charge >= 0.3 is 12.1 Å². The predicted octanol–water partition coefficient (Wildman–Crippen LogP) is 3.65. The van der Waals surface area contributed by atoms with Crippen LogP contribution < -0.4 is 0 Å². The number of alkyl halides is 5. The van der Waals surface area contributed by atoms with E-state index in [0.29, 0.717) is 24.3 Å². The molecule has 1 aliphatic carbocycles. The fourth-order valence-corrected chi connectivity index (χ4v) is 3.84. The van der Waals surface area contributed by atoms with Gasteiger partial charge in [-0.25, -0.2) is 9.97 Å². The van der Waals surface area contributed by atoms with Crippen LogP contribution in [0.15, 0.2) is 30.5 Å². The number of nitrogens with zero attached hydrogens (tertiary/aromatic N) is 3. The summed E-state index contributed by atoms with van der Waals surface area (Å²) in [4.78, 5) is 8.04. The molecule has 0 spiro atoms. The van der Waals surface area contributed by atoms with E-state index in [1.165, 1.54) is 23.8 Å². The standard InChI is InChI=1S/C17H14F5N3O2S/c1-3-10-11(5-4-6-13(10)28(26)27)14-24-12-7-9(8-23-15(12)25(14)2)16(18,19)17(20,21)22/h4-8,10H,3H2,1-2H3. The Balaban J connectivity index is 2.17. The summed E-state index contributed by atoms with van der Waals surface area (Å²) >= 11 is 0. The maximum atomic E-state index is 13.6. The normalized spacial score (nSPS) is 17.9. The smallest absolute Gasteiger partial charge is 0.312 e. The molecule has 0 bridgehead atoms. The molecule has 11 heteroatoms. The van der Waals surface area contributed by atoms with Gasteiger partial charge in [0.25, 0.3) is 0 Å². The van der Waals surface area contributed by atoms with Gasteiger partial charge in [-0.15, -0.1) is 0 Å². The quantitative estimate of drug-likeness (QED) is 0.563. The van der Waals surface area contributed by atoms with Crippen LogP contribution in [0, 0.1) is 5.92 Å². The van der Waals surface area contributed by atoms with Gasteiger partial charge in [0.05, 0.1) is 10.4 Å². The number of allylic oxidation sites excluding steroid dienone is 4. The van der Waals surface area contributed by atoms with Crippen molar-refractivity contribution >= 4 is 31.9 Å². The molecule has 0 aromatic carbocycles. The van der Waals surface area contributed by atoms with E-state index < -0.39 is 33.9 Å². The molecule has 3 rings (SSSR count). The van der Waals surface area contributed by atoms with Crippen LogP contribution in [0.25, 0.3) is 16.7 Å². The summed E-state index contributed by atoms with van der Waals surface area (Å²) in [7, 11) is -0.937. The fourth-order valence-electron chi connectivity index (χ4n) is 3.12. The Morgan fingerprint density at radius 3 is 2.46 bits per heavy atom. The second-order valence-electron chi connectivity index (χ2n) is 6.21. The second kappa shape index (κ2) is 6.80. The Labute approximate surface area is 157 Å². The molecule has 1 atom stereocenters. The molecule has 1 aliphatic rings. The molecular weight excluding hydrogens is 405 g/mol. The average molecular weight is 419 g/mol. The van der Waals surface area contributed by atoms with Gasteiger partial charge in [-0.2, -0.15) is 30.4 Å². The Morgan fingerprint density at radius 2 is 1.89 bits per heavy atom. The van der Waals surface area contributed by atoms with Crippen molar-refractivity contribution in [1.82, 2.24) is 14.5 Å². The zero-order chi connectivity index (χ0) is 20.9. The van der Waals surface area contributed by atoms with Crippen LogP contribution >= 0.6 is 0 Å². The molecule has 0 amide bonds. The first-order valence-electron chi connectivity index (χ1n) is 8.11. The highest BCUT2D eigenvalue weighted by Crippen LogP contribution is 2.44. The van der Waals surface area contributed by atoms with E-state index in [1.807, 2.05) is 0 Å². The van der Waals surface area contributed by atoms with E-state index in [0.717, 1.165) is 0 Å². The Morgan fingerprint density at radius 1 is 1.21 bits per heavy atom. The molecule has 0 saturated heterocycles. The number of pyridine rings is 1. The number of halogens is 5. The number of aryl methyl sites for hydroxylation is 1. The Bertz CT molecular complexity index is 1140. The molecule has 1 unspecified atom stereocenters. The first-order valence-corrected chi connectivity index (χ1v) is 9.18. The summed E-state index contributed by atoms with van der Waals surface area (Å²) in [6.07, 6.45) is -0.263. The van der Waals surface area contributed by atoms with Gasteiger partial charge in [-0.3, -0.25) is 0 Å². The van der Waals surface area contributed by atoms with Crippen LogP contribution in [0.2, 0.25) is 0 Å². The number of fused-ring (bicyclic) bond motifs is 1. The minimum atomic E-state index is -5.76. The summed E-state index contributed by atoms with van der Waals surface area (Å²) in [5.41, 5.74) is -0.843. The van der Waals surface area contributed by atoms with E-state index in [1.54, 1.807) is 13.0 Å². The third-order valence-corrected chi connectivity index (χ3v) is 5.35. The Hall–Kier alpha value is -2.56. The summed E-state index contributed by atoms with van der Waals surface area (Å²) < 4.78 is 89.5. The molecule has 0 N–H and O–H groups in total. The number of rotatable bonds is 3. The first kappa shape index (κ1) is 20.2. The summed E-state index contributed by atoms with van der Waals surface area (Å²) in [5.74, 6) is -5.34. The molecular formula is C17H14F5N3O2S. The highest BCUT2D eigenvalue weighted by molar-refractivity contribution is 7.73. The van der Waals surface area contributed by atoms with E-state index in [2.05, 4.69) is 9.97 Å². The van der Waals surface area contributed by atoms with E-state index in [4.69, 9.17) is 0 Å². The van der Waals surface area contributed by atoms with Crippen molar-refractivity contribution in [2.75, 3.05) is 0 Å². The molecule has 0 aliphatic heterocycles. The van der Waals surface area contributed by atoms with E-state index >= 15 is 0 Å². The lowest BCUT2D eigenvalue weighted by atomic mass is 9.88. The molecule has 0 radical (unpaired) electrons. The van der Waals surface area contributed by atoms with Crippen LogP contribution in [0.3, 0.4) is 0 Å². The molecule has 28 heavy (non-hydrogen) atoms. The van der Waals surface area contributed by atoms with Crippen LogP contribution in [0.1, 0.15) is 24.7 Å². The number of hydrogen-bond acceptors (Lipinski definition) is 4. The highest BCUT2D eigenvalue weighted by Gasteiger charge is 2.59. The van der Waals surface area contributed by atoms with Gasteiger partial charge < -0.3 is 4.57 Å². The SMILES string of the molecule is CCC1C(c2nc3cc(C(F)(F)C(F)(F)F)cnc3n2C)=CC=CC1=S(=O)=O. The van der Waals surface area contributed by atoms with E-state index in [-0.39, 0.29) is 21.9 Å². The largest absolute Gasteiger partial charge is 0.458 e. The highest BCUT2D eigenvalue weighted by atomic mass is 32.2. The Kier molecular flexibility index (Phi) is 4.90. The average Bonchev–Trinajstić information content (AvgIpc) is 2.96. The lowest BCUT2D eigenvalue weighted by Crippen LogP contribution is -2.33. The zero-order valence-electron chi connectivity index (χ0n) is 14.6. The van der Waals surface area contributed by atoms with Crippen molar-refractivity contribution in [2.45, 2.75) is 25.4 Å². The van der Waals surface area contributed by atoms with Crippen molar-refractivity contribution in [3.63, 3.8) is 0 Å². The van der Waals surface area contributed by atoms with E-state index in [9.17, 15) is 30.4 Å². The third kappa shape index (κ3) is 3.13. The fraction of sp³-hybridized carbons (Fsp3) is 0.353. The van der Waals surface area contributed by atoms with Crippen LogP contribution in [-0.2, 0) is 23.3 Å². The van der Waals surface area contributed by atoms with Gasteiger partial charge in [-0.05, 0) is 18.6 Å². The summed E-state index contributed by atoms with van der Waals surface area (Å²) in [5, 5.41) is 0. The minimum absolute atomic E-state index is 0.104. The maximum absolute atomic E-state index is 13.6. The van der Waals surface area contributed by atoms with Gasteiger partial charge in [-0.1, -0.05) is 19.1 Å². The van der Waals surface area contributed by atoms with Crippen molar-refractivity contribution in [1.29, 1.82) is 0 Å². The number of aromatic nitrogens is 3. The summed E-state index contributed by atoms with van der Waals surface area (Å²) in [6, 6.07) is 0.649. The monoisotopic (exact) mass is 419 g/mol. The van der Waals surface area contributed by atoms with Crippen molar-refractivity contribution in [3.8, 4) is 0 Å². The maximum Gasteiger partial charge on any atom is 0.458 e. The lowest BCUT2D eigenvalue weighted by molar-refractivity contribution is -0.289. The van der Waals surface area contributed by atoms with Gasteiger partial charge in [0, 0.05) is 24.7 Å². The molecule has 2 aromatic heterocycles. The molecule has 5 nitrogen and oxygen atoms in total. The molecule has 2 aromatic rings. The summed E-state index contributed by atoms with van der Waals surface area (Å²) in [6.45, 7) is 1.77. The molecule has 0 fully saturated rings. The van der Waals surface area contributed by atoms with Crippen LogP contribution in [0.4, 0.5) is 22.0 Å². The second-order valence-corrected chi connectivity index (χ2v) is 7.15. The molecule has 150 valence electrons. The lowest BCUT2D eigenvalue weighted by Gasteiger charge is -2.20. The predicted molar refractivity (Wildman–Crippen MR) is 93.3 cm³/mol. The van der Waals surface area contributed by atoms with Gasteiger partial charge in [0.15, 0.2) is 5.65 Å². The molecule has 0 saturated carbocycles. The van der Waals surface area contributed by atoms with Gasteiger partial charge in [0.2, 0.25) is 10.3 Å². The zero-order valence-corrected chi connectivity index (χ0v) is 15.4. The van der Waals surface area contributed by atoms with Crippen LogP contribution in [0.5, 0.6) is 0 Å². The van der Waals surface area contributed by atoms with Gasteiger partial charge in [0.1, 0.15) is 11.3 Å². The first-order chi connectivity index (χ1) is 13.0.